The summed E-state index contributed by atoms with van der Waals surface area (Å²) in [4.78, 5) is 0. The van der Waals surface area contributed by atoms with Crippen LogP contribution in [0.1, 0.15) is 107 Å². The Kier molecular flexibility index (Phi) is 18.3. The Morgan fingerprint density at radius 3 is 1.64 bits per heavy atom. The number of rotatable bonds is 16. The van der Waals surface area contributed by atoms with E-state index in [1.54, 1.807) is 13.8 Å². The van der Waals surface area contributed by atoms with E-state index in [1.165, 1.54) is 5.57 Å². The second kappa shape index (κ2) is 22.9. The van der Waals surface area contributed by atoms with Gasteiger partial charge in [0, 0.05) is 10.8 Å². The Morgan fingerprint density at radius 1 is 0.618 bits per heavy atom. The molecule has 8 rings (SSSR count). The van der Waals surface area contributed by atoms with Gasteiger partial charge in [-0.1, -0.05) is 53.2 Å². The minimum absolute atomic E-state index is 0.0250. The van der Waals surface area contributed by atoms with Crippen LogP contribution in [0.3, 0.4) is 0 Å². The van der Waals surface area contributed by atoms with Crippen LogP contribution >= 0.6 is 0 Å². The SMILES string of the molecule is C[C@H](CC[C@@H](O[C@@H]1OC[C@@H](O[C@H]2O[C@@H](CO)[C@H](O)[C@@H](O)[C@@H]2O)[C@H](O)[C@H]1O[C@H]1O[C@@H](CO)[C@H](O)[C@@H](O)[C@@H]1O)C(C)(C)O)C1CC[C@@]2(C)C3CC=C4C(CC[C@H](O[C@@H]5O[C@H](CO)[C@@H](O)[C@H](O)[C@H]5O)C4(C)C)[C@]3(C)[C@H](O)C[C@]12C. The van der Waals surface area contributed by atoms with Crippen LogP contribution in [0.15, 0.2) is 11.6 Å². The molecular weight excluding hydrogens is 1000 g/mol. The van der Waals surface area contributed by atoms with Crippen molar-refractivity contribution in [3.8, 4) is 0 Å². The zero-order valence-corrected chi connectivity index (χ0v) is 45.0. The number of aliphatic hydroxyl groups excluding tert-OH is 14. The molecule has 7 fully saturated rings. The lowest BCUT2D eigenvalue weighted by atomic mass is 9.38. The van der Waals surface area contributed by atoms with Crippen LogP contribution in [0.25, 0.3) is 0 Å². The highest BCUT2D eigenvalue weighted by Crippen LogP contribution is 2.75. The number of aliphatic hydroxyl groups is 15. The van der Waals surface area contributed by atoms with E-state index in [2.05, 4.69) is 47.6 Å². The zero-order chi connectivity index (χ0) is 55.9. The van der Waals surface area contributed by atoms with Gasteiger partial charge < -0.3 is 114 Å². The number of ether oxygens (including phenoxy) is 8. The molecule has 0 aromatic carbocycles. The molecule has 4 saturated heterocycles. The van der Waals surface area contributed by atoms with Crippen LogP contribution in [0.2, 0.25) is 0 Å². The molecule has 23 nitrogen and oxygen atoms in total. The fraction of sp³-hybridized carbons (Fsp3) is 0.962. The third kappa shape index (κ3) is 10.5. The highest BCUT2D eigenvalue weighted by Gasteiger charge is 2.70. The highest BCUT2D eigenvalue weighted by molar-refractivity contribution is 5.32. The molecule has 0 radical (unpaired) electrons. The maximum Gasteiger partial charge on any atom is 0.187 e. The first-order chi connectivity index (χ1) is 35.5. The summed E-state index contributed by atoms with van der Waals surface area (Å²) in [6.07, 6.45) is -24.8. The number of fused-ring (bicyclic) bond motifs is 5. The van der Waals surface area contributed by atoms with Crippen molar-refractivity contribution in [2.75, 3.05) is 26.4 Å². The van der Waals surface area contributed by atoms with E-state index < -0.39 is 178 Å². The first kappa shape index (κ1) is 60.9. The van der Waals surface area contributed by atoms with Crippen LogP contribution in [0, 0.1) is 45.3 Å². The molecule has 0 amide bonds. The summed E-state index contributed by atoms with van der Waals surface area (Å²) < 4.78 is 48.0. The van der Waals surface area contributed by atoms with E-state index in [0.29, 0.717) is 25.7 Å². The molecule has 0 aromatic rings. The van der Waals surface area contributed by atoms with E-state index in [-0.39, 0.29) is 40.9 Å². The Morgan fingerprint density at radius 2 is 1.13 bits per heavy atom. The van der Waals surface area contributed by atoms with Crippen LogP contribution in [0.5, 0.6) is 0 Å². The van der Waals surface area contributed by atoms with Crippen LogP contribution in [0.4, 0.5) is 0 Å². The summed E-state index contributed by atoms with van der Waals surface area (Å²) in [5.41, 5.74) is -1.88. The summed E-state index contributed by atoms with van der Waals surface area (Å²) in [6.45, 7) is 13.9. The van der Waals surface area contributed by atoms with E-state index in [4.69, 9.17) is 37.9 Å². The average Bonchev–Trinajstić information content (AvgIpc) is 3.76. The highest BCUT2D eigenvalue weighted by atomic mass is 16.8. The van der Waals surface area contributed by atoms with Gasteiger partial charge in [-0.05, 0) is 99.7 Å². The smallest absolute Gasteiger partial charge is 0.187 e. The van der Waals surface area contributed by atoms with E-state index in [0.717, 1.165) is 19.3 Å². The van der Waals surface area contributed by atoms with Gasteiger partial charge >= 0.3 is 0 Å². The minimum Gasteiger partial charge on any atom is -0.394 e. The topological polar surface area (TPSA) is 377 Å². The standard InChI is InChI=1S/C53H90O23/c1-22(23-15-16-51(6)30-12-10-24-25(53(30,8)31(57)17-52(23,51)7)11-14-32(49(24,2)3)74-46-42(66)39(63)35(59)27(19-55)71-46)9-13-33(50(4,5)68)75-48-44(76-47-43(67)40(64)36(60)28(20-56)72-47)37(61)29(21-69-48)73-45-41(65)38(62)34(58)26(18-54)70-45/h10,22-23,25-48,54-68H,9,11-21H2,1-8H3/t22-,23?,25?,26+,27-,28+,29-,30?,31-,32+,33-,34+,35-,36+,37+,38-,39+,40-,41+,42-,43+,44-,45-,46+,47-,48+,51+,52-,53+/m1/s1. The van der Waals surface area contributed by atoms with Gasteiger partial charge in [0.05, 0.1) is 50.3 Å². The lowest BCUT2D eigenvalue weighted by Crippen LogP contribution is -2.65. The molecule has 0 aromatic heterocycles. The van der Waals surface area contributed by atoms with E-state index in [1.807, 2.05) is 0 Å². The van der Waals surface area contributed by atoms with Gasteiger partial charge in [-0.2, -0.15) is 0 Å². The number of hydrogen-bond acceptors (Lipinski definition) is 23. The third-order valence-corrected chi connectivity index (χ3v) is 20.4. The monoisotopic (exact) mass is 1090 g/mol. The molecule has 4 aliphatic carbocycles. The second-order valence-corrected chi connectivity index (χ2v) is 25.4. The molecule has 0 spiro atoms. The molecule has 76 heavy (non-hydrogen) atoms. The Bertz CT molecular complexity index is 1970. The van der Waals surface area contributed by atoms with E-state index >= 15 is 0 Å². The van der Waals surface area contributed by atoms with Gasteiger partial charge in [-0.3, -0.25) is 0 Å². The quantitative estimate of drug-likeness (QED) is 0.0705. The fourth-order valence-corrected chi connectivity index (χ4v) is 15.4. The second-order valence-electron chi connectivity index (χ2n) is 25.4. The average molecular weight is 1100 g/mol. The largest absolute Gasteiger partial charge is 0.394 e. The molecule has 4 aliphatic heterocycles. The minimum atomic E-state index is -1.90. The molecule has 15 N–H and O–H groups in total. The Labute approximate surface area is 444 Å². The third-order valence-electron chi connectivity index (χ3n) is 20.4. The van der Waals surface area contributed by atoms with Gasteiger partial charge in [0.25, 0.3) is 0 Å². The molecule has 3 saturated carbocycles. The molecule has 23 heteroatoms. The zero-order valence-electron chi connectivity index (χ0n) is 45.0. The molecule has 440 valence electrons. The van der Waals surface area contributed by atoms with Crippen molar-refractivity contribution in [2.24, 2.45) is 45.3 Å². The predicted molar refractivity (Wildman–Crippen MR) is 262 cm³/mol. The molecule has 29 atom stereocenters. The summed E-state index contributed by atoms with van der Waals surface area (Å²) >= 11 is 0. The maximum absolute atomic E-state index is 12.7. The van der Waals surface area contributed by atoms with Crippen molar-refractivity contribution in [3.05, 3.63) is 11.6 Å². The van der Waals surface area contributed by atoms with Crippen molar-refractivity contribution in [1.29, 1.82) is 0 Å². The van der Waals surface area contributed by atoms with Crippen molar-refractivity contribution < 1.29 is 114 Å². The van der Waals surface area contributed by atoms with Crippen molar-refractivity contribution >= 4 is 0 Å². The Hall–Kier alpha value is -1.18. The summed E-state index contributed by atoms with van der Waals surface area (Å²) in [5.74, 6) is 0.349. The molecule has 8 aliphatic rings. The van der Waals surface area contributed by atoms with Crippen molar-refractivity contribution in [3.63, 3.8) is 0 Å². The first-order valence-corrected chi connectivity index (χ1v) is 27.5. The van der Waals surface area contributed by atoms with Crippen LogP contribution in [-0.2, 0) is 37.9 Å². The molecule has 0 bridgehead atoms. The Balaban J connectivity index is 0.973. The van der Waals surface area contributed by atoms with E-state index in [9.17, 15) is 76.6 Å². The normalized spacial score (nSPS) is 51.5. The first-order valence-electron chi connectivity index (χ1n) is 27.5. The summed E-state index contributed by atoms with van der Waals surface area (Å²) in [7, 11) is 0. The van der Waals surface area contributed by atoms with Gasteiger partial charge in [0.2, 0.25) is 0 Å². The molecule has 4 heterocycles. The van der Waals surface area contributed by atoms with Crippen molar-refractivity contribution in [1.82, 2.24) is 0 Å². The van der Waals surface area contributed by atoms with Gasteiger partial charge in [-0.25, -0.2) is 0 Å². The van der Waals surface area contributed by atoms with Gasteiger partial charge in [-0.15, -0.1) is 0 Å². The lowest BCUT2D eigenvalue weighted by molar-refractivity contribution is -0.380. The summed E-state index contributed by atoms with van der Waals surface area (Å²) in [5, 5.41) is 161. The van der Waals surface area contributed by atoms with Crippen molar-refractivity contribution in [2.45, 2.75) is 247 Å². The molecular formula is C53H90O23. The predicted octanol–water partition coefficient (Wildman–Crippen LogP) is -2.59. The number of allylic oxidation sites excluding steroid dienone is 1. The maximum atomic E-state index is 12.7. The lowest BCUT2D eigenvalue weighted by Gasteiger charge is -2.67. The fourth-order valence-electron chi connectivity index (χ4n) is 15.4. The number of hydrogen-bond donors (Lipinski definition) is 15. The molecule has 3 unspecified atom stereocenters. The van der Waals surface area contributed by atoms with Crippen LogP contribution < -0.4 is 0 Å². The summed E-state index contributed by atoms with van der Waals surface area (Å²) in [6, 6.07) is 0. The van der Waals surface area contributed by atoms with Gasteiger partial charge in [0.1, 0.15) is 91.6 Å². The van der Waals surface area contributed by atoms with Gasteiger partial charge in [0.15, 0.2) is 25.2 Å². The van der Waals surface area contributed by atoms with Crippen LogP contribution in [-0.4, -0.2) is 244 Å².